The molecule has 8 nitrogen and oxygen atoms in total. The van der Waals surface area contributed by atoms with Gasteiger partial charge in [-0.3, -0.25) is 14.9 Å². The van der Waals surface area contributed by atoms with E-state index >= 15 is 0 Å². The maximum Gasteiger partial charge on any atom is 0.269 e. The van der Waals surface area contributed by atoms with Crippen LogP contribution in [0.2, 0.25) is 0 Å². The van der Waals surface area contributed by atoms with E-state index in [2.05, 4.69) is 0 Å². The molecule has 1 saturated heterocycles. The van der Waals surface area contributed by atoms with Crippen molar-refractivity contribution in [2.45, 2.75) is 24.3 Å². The van der Waals surface area contributed by atoms with Crippen molar-refractivity contribution in [2.75, 3.05) is 20.1 Å². The Morgan fingerprint density at radius 1 is 1.27 bits per heavy atom. The number of non-ortho nitro benzene ring substituents is 1. The first-order chi connectivity index (χ1) is 14.2. The molecule has 1 heterocycles. The van der Waals surface area contributed by atoms with Crippen molar-refractivity contribution < 1.29 is 22.5 Å². The van der Waals surface area contributed by atoms with Gasteiger partial charge in [-0.25, -0.2) is 12.8 Å². The van der Waals surface area contributed by atoms with Crippen molar-refractivity contribution in [2.24, 2.45) is 5.92 Å². The Balaban J connectivity index is 1.70. The van der Waals surface area contributed by atoms with Gasteiger partial charge in [0.05, 0.1) is 15.7 Å². The zero-order valence-electron chi connectivity index (χ0n) is 16.4. The normalized spacial score (nSPS) is 17.5. The van der Waals surface area contributed by atoms with Gasteiger partial charge in [-0.1, -0.05) is 12.1 Å². The predicted molar refractivity (Wildman–Crippen MR) is 107 cm³/mol. The minimum Gasteiger partial charge on any atom is -0.341 e. The van der Waals surface area contributed by atoms with E-state index in [4.69, 9.17) is 0 Å². The number of nitro benzene ring substituents is 1. The van der Waals surface area contributed by atoms with Gasteiger partial charge in [0.25, 0.3) is 5.69 Å². The monoisotopic (exact) mass is 435 g/mol. The molecule has 0 saturated carbocycles. The summed E-state index contributed by atoms with van der Waals surface area (Å²) in [5.74, 6) is -1.26. The third-order valence-electron chi connectivity index (χ3n) is 5.10. The van der Waals surface area contributed by atoms with Crippen LogP contribution < -0.4 is 0 Å². The minimum absolute atomic E-state index is 0.0121. The van der Waals surface area contributed by atoms with Gasteiger partial charge in [-0.15, -0.1) is 0 Å². The quantitative estimate of drug-likeness (QED) is 0.513. The Morgan fingerprint density at radius 3 is 2.63 bits per heavy atom. The molecule has 1 amide bonds. The molecule has 160 valence electrons. The summed E-state index contributed by atoms with van der Waals surface area (Å²) in [5.41, 5.74) is 0.564. The topological polar surface area (TPSA) is 101 Å². The highest BCUT2D eigenvalue weighted by Gasteiger charge is 2.34. The standard InChI is InChI=1S/C20H22FN3O5S/c1-22(13-15-4-2-6-18(12-15)24(26)27)20(25)16-5-3-11-23(14-16)30(28,29)19-9-7-17(21)8-10-19/h2,4,6-10,12,16H,3,5,11,13-14H2,1H3. The molecule has 0 spiro atoms. The van der Waals surface area contributed by atoms with Crippen LogP contribution in [0, 0.1) is 21.8 Å². The van der Waals surface area contributed by atoms with E-state index in [0.29, 0.717) is 18.4 Å². The number of nitrogens with zero attached hydrogens (tertiary/aromatic N) is 3. The fourth-order valence-electron chi connectivity index (χ4n) is 3.55. The van der Waals surface area contributed by atoms with E-state index in [0.717, 1.165) is 12.1 Å². The van der Waals surface area contributed by atoms with E-state index in [1.165, 1.54) is 33.5 Å². The number of nitro groups is 1. The highest BCUT2D eigenvalue weighted by molar-refractivity contribution is 7.89. The summed E-state index contributed by atoms with van der Waals surface area (Å²) in [6, 6.07) is 10.7. The number of carbonyl (C=O) groups excluding carboxylic acids is 1. The first-order valence-corrected chi connectivity index (χ1v) is 10.9. The summed E-state index contributed by atoms with van der Waals surface area (Å²) in [7, 11) is -2.23. The van der Waals surface area contributed by atoms with Gasteiger partial charge >= 0.3 is 0 Å². The number of amides is 1. The van der Waals surface area contributed by atoms with Crippen LogP contribution in [-0.2, 0) is 21.4 Å². The van der Waals surface area contributed by atoms with E-state index in [9.17, 15) is 27.7 Å². The summed E-state index contributed by atoms with van der Waals surface area (Å²) in [4.78, 5) is 24.8. The SMILES string of the molecule is CN(Cc1cccc([N+](=O)[O-])c1)C(=O)C1CCCN(S(=O)(=O)c2ccc(F)cc2)C1. The lowest BCUT2D eigenvalue weighted by Crippen LogP contribution is -2.45. The molecule has 1 aliphatic rings. The third-order valence-corrected chi connectivity index (χ3v) is 6.98. The van der Waals surface area contributed by atoms with Gasteiger partial charge in [0.15, 0.2) is 0 Å². The predicted octanol–water partition coefficient (Wildman–Crippen LogP) is 2.79. The van der Waals surface area contributed by atoms with E-state index in [1.54, 1.807) is 19.2 Å². The average molecular weight is 435 g/mol. The van der Waals surface area contributed by atoms with Crippen molar-refractivity contribution in [3.05, 3.63) is 70.0 Å². The van der Waals surface area contributed by atoms with Gasteiger partial charge in [0.2, 0.25) is 15.9 Å². The number of sulfonamides is 1. The summed E-state index contributed by atoms with van der Waals surface area (Å²) in [5, 5.41) is 10.9. The minimum atomic E-state index is -3.82. The second-order valence-electron chi connectivity index (χ2n) is 7.28. The van der Waals surface area contributed by atoms with Crippen LogP contribution in [0.5, 0.6) is 0 Å². The van der Waals surface area contributed by atoms with Crippen LogP contribution in [0.3, 0.4) is 0 Å². The number of carbonyl (C=O) groups is 1. The maximum absolute atomic E-state index is 13.1. The smallest absolute Gasteiger partial charge is 0.269 e. The Morgan fingerprint density at radius 2 is 1.97 bits per heavy atom. The molecule has 1 fully saturated rings. The Labute approximate surface area is 174 Å². The van der Waals surface area contributed by atoms with E-state index in [-0.39, 0.29) is 36.1 Å². The Kier molecular flexibility index (Phi) is 6.47. The fourth-order valence-corrected chi connectivity index (χ4v) is 5.07. The molecule has 0 aromatic heterocycles. The van der Waals surface area contributed by atoms with Crippen molar-refractivity contribution in [1.29, 1.82) is 0 Å². The van der Waals surface area contributed by atoms with Crippen LogP contribution in [0.25, 0.3) is 0 Å². The molecule has 3 rings (SSSR count). The van der Waals surface area contributed by atoms with Gasteiger partial charge < -0.3 is 4.90 Å². The van der Waals surface area contributed by atoms with Crippen LogP contribution in [0.4, 0.5) is 10.1 Å². The van der Waals surface area contributed by atoms with Crippen molar-refractivity contribution in [1.82, 2.24) is 9.21 Å². The van der Waals surface area contributed by atoms with Crippen LogP contribution in [0.15, 0.2) is 53.4 Å². The first kappa shape index (κ1) is 21.8. The van der Waals surface area contributed by atoms with Crippen molar-refractivity contribution in [3.63, 3.8) is 0 Å². The lowest BCUT2D eigenvalue weighted by Gasteiger charge is -2.33. The molecule has 0 radical (unpaired) electrons. The van der Waals surface area contributed by atoms with E-state index < -0.39 is 26.7 Å². The van der Waals surface area contributed by atoms with Crippen molar-refractivity contribution in [3.8, 4) is 0 Å². The number of hydrogen-bond donors (Lipinski definition) is 0. The molecule has 30 heavy (non-hydrogen) atoms. The second-order valence-corrected chi connectivity index (χ2v) is 9.22. The highest BCUT2D eigenvalue weighted by Crippen LogP contribution is 2.25. The third kappa shape index (κ3) is 4.82. The van der Waals surface area contributed by atoms with Gasteiger partial charge in [0.1, 0.15) is 5.82 Å². The number of rotatable bonds is 6. The molecule has 0 bridgehead atoms. The molecular formula is C20H22FN3O5S. The van der Waals surface area contributed by atoms with E-state index in [1.807, 2.05) is 0 Å². The number of halogens is 1. The summed E-state index contributed by atoms with van der Waals surface area (Å²) in [6.07, 6.45) is 1.08. The molecular weight excluding hydrogens is 413 g/mol. The highest BCUT2D eigenvalue weighted by atomic mass is 32.2. The zero-order valence-corrected chi connectivity index (χ0v) is 17.2. The second kappa shape index (κ2) is 8.88. The van der Waals surface area contributed by atoms with Crippen molar-refractivity contribution >= 4 is 21.6 Å². The molecule has 1 unspecified atom stereocenters. The maximum atomic E-state index is 13.1. The number of benzene rings is 2. The molecule has 2 aromatic rings. The van der Waals surface area contributed by atoms with Gasteiger partial charge in [-0.05, 0) is 42.7 Å². The molecule has 0 N–H and O–H groups in total. The number of piperidine rings is 1. The average Bonchev–Trinajstić information content (AvgIpc) is 2.73. The van der Waals surface area contributed by atoms with Gasteiger partial charge in [-0.2, -0.15) is 4.31 Å². The number of hydrogen-bond acceptors (Lipinski definition) is 5. The lowest BCUT2D eigenvalue weighted by atomic mass is 9.98. The van der Waals surface area contributed by atoms with Crippen LogP contribution in [0.1, 0.15) is 18.4 Å². The zero-order chi connectivity index (χ0) is 21.9. The molecule has 1 atom stereocenters. The summed E-state index contributed by atoms with van der Waals surface area (Å²) >= 11 is 0. The fraction of sp³-hybridized carbons (Fsp3) is 0.350. The molecule has 2 aromatic carbocycles. The molecule has 0 aliphatic carbocycles. The molecule has 1 aliphatic heterocycles. The first-order valence-electron chi connectivity index (χ1n) is 9.42. The Hall–Kier alpha value is -2.85. The largest absolute Gasteiger partial charge is 0.341 e. The summed E-state index contributed by atoms with van der Waals surface area (Å²) in [6.45, 7) is 0.512. The van der Waals surface area contributed by atoms with Gasteiger partial charge in [0, 0.05) is 38.8 Å². The lowest BCUT2D eigenvalue weighted by molar-refractivity contribution is -0.384. The molecule has 10 heteroatoms. The van der Waals surface area contributed by atoms with Crippen LogP contribution in [-0.4, -0.2) is 48.6 Å². The summed E-state index contributed by atoms with van der Waals surface area (Å²) < 4.78 is 40.1. The Bertz CT molecular complexity index is 1040. The van der Waals surface area contributed by atoms with Crippen LogP contribution >= 0.6 is 0 Å².